The summed E-state index contributed by atoms with van der Waals surface area (Å²) in [4.78, 5) is 27.7. The van der Waals surface area contributed by atoms with E-state index in [0.717, 1.165) is 19.0 Å². The van der Waals surface area contributed by atoms with Crippen LogP contribution in [-0.2, 0) is 14.4 Å². The topological polar surface area (TPSA) is 141 Å². The summed E-state index contributed by atoms with van der Waals surface area (Å²) in [5, 5.41) is 20.7. The predicted octanol–water partition coefficient (Wildman–Crippen LogP) is 12.5. The lowest BCUT2D eigenvalue weighted by molar-refractivity contribution is -0.123. The Balaban J connectivity index is -0.00000110. The van der Waals surface area contributed by atoms with Crippen molar-refractivity contribution in [3.8, 4) is 0 Å². The van der Waals surface area contributed by atoms with Crippen LogP contribution < -0.4 is 5.73 Å². The van der Waals surface area contributed by atoms with E-state index in [0.29, 0.717) is 0 Å². The zero-order chi connectivity index (χ0) is 38.7. The highest BCUT2D eigenvalue weighted by atomic mass is 16.4. The minimum Gasteiger partial charge on any atom is -0.483 e. The summed E-state index contributed by atoms with van der Waals surface area (Å²) < 4.78 is 0. The molecule has 5 N–H and O–H groups in total. The Labute approximate surface area is 317 Å². The minimum atomic E-state index is -0.250. The van der Waals surface area contributed by atoms with Crippen LogP contribution in [0.5, 0.6) is 0 Å². The fourth-order valence-electron chi connectivity index (χ4n) is 6.85. The molecule has 0 aliphatic heterocycles. The number of carbonyl (C=O) groups is 3. The van der Waals surface area contributed by atoms with Crippen molar-refractivity contribution in [2.75, 3.05) is 26.2 Å². The van der Waals surface area contributed by atoms with Crippen LogP contribution in [0.2, 0.25) is 0 Å². The summed E-state index contributed by atoms with van der Waals surface area (Å²) in [6.07, 6.45) is 46.3. The molecule has 0 radical (unpaired) electrons. The van der Waals surface area contributed by atoms with Crippen molar-refractivity contribution in [1.29, 1.82) is 0 Å². The summed E-state index contributed by atoms with van der Waals surface area (Å²) >= 11 is 0. The molecule has 0 fully saturated rings. The molecular weight excluding hydrogens is 640 g/mol. The molecule has 0 rings (SSSR count). The monoisotopic (exact) mass is 731 g/mol. The molecule has 0 saturated heterocycles. The van der Waals surface area contributed by atoms with E-state index < -0.39 is 0 Å². The highest BCUT2D eigenvalue weighted by Crippen LogP contribution is 2.25. The summed E-state index contributed by atoms with van der Waals surface area (Å²) in [6.45, 7) is 10.7. The largest absolute Gasteiger partial charge is 0.483 e. The van der Waals surface area contributed by atoms with Crippen LogP contribution in [0.15, 0.2) is 0 Å². The maximum atomic E-state index is 8.36. The van der Waals surface area contributed by atoms with E-state index in [-0.39, 0.29) is 19.4 Å². The van der Waals surface area contributed by atoms with Crippen molar-refractivity contribution in [3.05, 3.63) is 0 Å². The highest BCUT2D eigenvalue weighted by molar-refractivity contribution is 5.33. The highest BCUT2D eigenvalue weighted by Gasteiger charge is 2.09. The lowest BCUT2D eigenvalue weighted by Crippen LogP contribution is -2.31. The molecule has 51 heavy (non-hydrogen) atoms. The number of hydrogen-bond acceptors (Lipinski definition) is 5. The van der Waals surface area contributed by atoms with Gasteiger partial charge in [-0.25, -0.2) is 0 Å². The van der Waals surface area contributed by atoms with Crippen LogP contribution in [0.4, 0.5) is 0 Å². The SMILES string of the molecule is CCCCCCCCCCCCCCN(CCN)CCCCCCCC(CCCCCCCC)CCCCCCCC.O=CO.O=CO.O=CO. The van der Waals surface area contributed by atoms with Gasteiger partial charge in [-0.3, -0.25) is 14.4 Å². The van der Waals surface area contributed by atoms with Gasteiger partial charge in [0, 0.05) is 13.1 Å². The summed E-state index contributed by atoms with van der Waals surface area (Å²) in [7, 11) is 0. The zero-order valence-electron chi connectivity index (χ0n) is 34.4. The van der Waals surface area contributed by atoms with Gasteiger partial charge in [0.2, 0.25) is 0 Å². The van der Waals surface area contributed by atoms with Gasteiger partial charge in [0.25, 0.3) is 19.4 Å². The van der Waals surface area contributed by atoms with Gasteiger partial charge in [-0.2, -0.15) is 0 Å². The van der Waals surface area contributed by atoms with Crippen molar-refractivity contribution in [2.24, 2.45) is 11.7 Å². The first-order valence-electron chi connectivity index (χ1n) is 21.7. The van der Waals surface area contributed by atoms with Crippen LogP contribution in [0, 0.1) is 5.92 Å². The van der Waals surface area contributed by atoms with E-state index in [1.54, 1.807) is 0 Å². The number of carboxylic acid groups (broad SMARTS) is 3. The molecule has 0 atom stereocenters. The third-order valence-electron chi connectivity index (χ3n) is 9.79. The van der Waals surface area contributed by atoms with Gasteiger partial charge < -0.3 is 26.0 Å². The van der Waals surface area contributed by atoms with E-state index in [2.05, 4.69) is 25.7 Å². The Morgan fingerprint density at radius 2 is 0.608 bits per heavy atom. The third kappa shape index (κ3) is 60.7. The van der Waals surface area contributed by atoms with Crippen LogP contribution in [0.3, 0.4) is 0 Å². The van der Waals surface area contributed by atoms with Gasteiger partial charge in [0.05, 0.1) is 0 Å². The van der Waals surface area contributed by atoms with Gasteiger partial charge in [-0.05, 0) is 31.8 Å². The smallest absolute Gasteiger partial charge is 0.290 e. The molecule has 0 amide bonds. The van der Waals surface area contributed by atoms with Gasteiger partial charge in [0.1, 0.15) is 0 Å². The Morgan fingerprint density at radius 1 is 0.392 bits per heavy atom. The molecule has 8 nitrogen and oxygen atoms in total. The number of nitrogens with zero attached hydrogens (tertiary/aromatic N) is 1. The molecule has 0 aromatic rings. The van der Waals surface area contributed by atoms with Gasteiger partial charge in [-0.15, -0.1) is 0 Å². The Bertz CT molecular complexity index is 581. The predicted molar refractivity (Wildman–Crippen MR) is 220 cm³/mol. The number of rotatable bonds is 37. The lowest BCUT2D eigenvalue weighted by Gasteiger charge is -2.21. The van der Waals surface area contributed by atoms with Crippen LogP contribution >= 0.6 is 0 Å². The molecular formula is C43H90N2O6. The zero-order valence-corrected chi connectivity index (χ0v) is 34.4. The average Bonchev–Trinajstić information content (AvgIpc) is 3.11. The lowest BCUT2D eigenvalue weighted by atomic mass is 9.89. The molecule has 308 valence electrons. The second-order valence-electron chi connectivity index (χ2n) is 14.4. The average molecular weight is 731 g/mol. The second kappa shape index (κ2) is 57.7. The van der Waals surface area contributed by atoms with Crippen LogP contribution in [0.1, 0.15) is 226 Å². The molecule has 0 spiro atoms. The van der Waals surface area contributed by atoms with E-state index >= 15 is 0 Å². The first-order chi connectivity index (χ1) is 25.0. The standard InChI is InChI=1S/C40H84N2.3CH2O2/c1-4-7-10-13-16-17-18-19-20-21-26-31-37-42(39-36-41)38-32-27-22-25-30-35-40(33-28-23-14-11-8-5-2)34-29-24-15-12-9-6-3;3*2-1-3/h40H,4-39,41H2,1-3H3;3*1H,(H,2,3). The Kier molecular flexibility index (Phi) is 63.4. The third-order valence-corrected chi connectivity index (χ3v) is 9.79. The molecule has 0 bridgehead atoms. The van der Waals surface area contributed by atoms with E-state index in [4.69, 9.17) is 35.4 Å². The molecule has 0 aliphatic rings. The van der Waals surface area contributed by atoms with Crippen molar-refractivity contribution in [3.63, 3.8) is 0 Å². The Hall–Kier alpha value is -1.67. The first kappa shape index (κ1) is 56.1. The Morgan fingerprint density at radius 3 is 0.843 bits per heavy atom. The maximum Gasteiger partial charge on any atom is 0.290 e. The molecule has 0 aromatic carbocycles. The molecule has 8 heteroatoms. The van der Waals surface area contributed by atoms with Crippen molar-refractivity contribution in [2.45, 2.75) is 226 Å². The van der Waals surface area contributed by atoms with Gasteiger partial charge in [0.15, 0.2) is 0 Å². The fraction of sp³-hybridized carbons (Fsp3) is 0.930. The number of unbranched alkanes of at least 4 members (excludes halogenated alkanes) is 25. The molecule has 0 saturated carbocycles. The second-order valence-corrected chi connectivity index (χ2v) is 14.4. The van der Waals surface area contributed by atoms with Crippen LogP contribution in [0.25, 0.3) is 0 Å². The molecule has 0 aromatic heterocycles. The van der Waals surface area contributed by atoms with Crippen molar-refractivity contribution in [1.82, 2.24) is 4.90 Å². The van der Waals surface area contributed by atoms with E-state index in [1.807, 2.05) is 0 Å². The summed E-state index contributed by atoms with van der Waals surface area (Å²) in [5.41, 5.74) is 5.95. The minimum absolute atomic E-state index is 0.250. The van der Waals surface area contributed by atoms with Crippen LogP contribution in [-0.4, -0.2) is 65.8 Å². The summed E-state index contributed by atoms with van der Waals surface area (Å²) in [5.74, 6) is 1.01. The molecule has 0 unspecified atom stereocenters. The van der Waals surface area contributed by atoms with E-state index in [9.17, 15) is 0 Å². The molecule has 0 aliphatic carbocycles. The number of hydrogen-bond donors (Lipinski definition) is 4. The van der Waals surface area contributed by atoms with Gasteiger partial charge in [-0.1, -0.05) is 213 Å². The summed E-state index contributed by atoms with van der Waals surface area (Å²) in [6, 6.07) is 0. The normalized spacial score (nSPS) is 10.5. The maximum absolute atomic E-state index is 8.36. The first-order valence-corrected chi connectivity index (χ1v) is 21.7. The van der Waals surface area contributed by atoms with Crippen molar-refractivity contribution < 1.29 is 29.7 Å². The van der Waals surface area contributed by atoms with Crippen molar-refractivity contribution >= 4 is 19.4 Å². The van der Waals surface area contributed by atoms with Gasteiger partial charge >= 0.3 is 0 Å². The fourth-order valence-corrected chi connectivity index (χ4v) is 6.85. The van der Waals surface area contributed by atoms with E-state index in [1.165, 1.54) is 219 Å². The number of nitrogens with two attached hydrogens (primary N) is 1. The molecule has 0 heterocycles. The quantitative estimate of drug-likeness (QED) is 0.0365.